The number of hydrogen-bond donors (Lipinski definition) is 1. The number of piperazine rings is 1. The fourth-order valence-corrected chi connectivity index (χ4v) is 6.08. The summed E-state index contributed by atoms with van der Waals surface area (Å²) in [7, 11) is 0. The second-order valence-corrected chi connectivity index (χ2v) is 10.7. The van der Waals surface area contributed by atoms with Gasteiger partial charge >= 0.3 is 0 Å². The lowest BCUT2D eigenvalue weighted by Gasteiger charge is -2.41. The molecule has 32 heavy (non-hydrogen) atoms. The summed E-state index contributed by atoms with van der Waals surface area (Å²) in [6.07, 6.45) is 3.72. The van der Waals surface area contributed by atoms with Gasteiger partial charge in [-0.1, -0.05) is 25.2 Å². The van der Waals surface area contributed by atoms with Gasteiger partial charge in [-0.3, -0.25) is 4.90 Å². The van der Waals surface area contributed by atoms with Crippen molar-refractivity contribution in [3.63, 3.8) is 0 Å². The third-order valence-electron chi connectivity index (χ3n) is 6.99. The van der Waals surface area contributed by atoms with E-state index in [1.54, 1.807) is 17.7 Å². The molecule has 1 saturated heterocycles. The van der Waals surface area contributed by atoms with Gasteiger partial charge in [0.2, 0.25) is 0 Å². The van der Waals surface area contributed by atoms with E-state index >= 15 is 0 Å². The van der Waals surface area contributed by atoms with Crippen molar-refractivity contribution in [2.75, 3.05) is 24.5 Å². The first-order valence-corrected chi connectivity index (χ1v) is 12.4. The Labute approximate surface area is 193 Å². The maximum absolute atomic E-state index is 5.19. The Balaban J connectivity index is 1.58. The van der Waals surface area contributed by atoms with Gasteiger partial charge in [0, 0.05) is 49.0 Å². The number of aromatic amines is 1. The van der Waals surface area contributed by atoms with Gasteiger partial charge in [0.1, 0.15) is 16.7 Å². The number of pyridine rings is 1. The fourth-order valence-electron chi connectivity index (χ4n) is 4.97. The maximum atomic E-state index is 5.19. The van der Waals surface area contributed by atoms with Crippen LogP contribution in [-0.4, -0.2) is 61.2 Å². The fraction of sp³-hybridized carbons (Fsp3) is 0.542. The zero-order chi connectivity index (χ0) is 22.7. The Kier molecular flexibility index (Phi) is 5.25. The van der Waals surface area contributed by atoms with Crippen LogP contribution < -0.4 is 4.90 Å². The second-order valence-electron chi connectivity index (χ2n) is 9.69. The third kappa shape index (κ3) is 3.31. The smallest absolute Gasteiger partial charge is 0.188 e. The summed E-state index contributed by atoms with van der Waals surface area (Å²) in [6.45, 7) is 18.9. The van der Waals surface area contributed by atoms with Gasteiger partial charge < -0.3 is 9.88 Å². The molecule has 0 radical (unpaired) electrons. The van der Waals surface area contributed by atoms with Crippen molar-refractivity contribution < 1.29 is 0 Å². The highest BCUT2D eigenvalue weighted by molar-refractivity contribution is 7.21. The quantitative estimate of drug-likeness (QED) is 0.473. The summed E-state index contributed by atoms with van der Waals surface area (Å²) in [6, 6.07) is 1.05. The van der Waals surface area contributed by atoms with Crippen LogP contribution in [0.4, 0.5) is 5.13 Å². The molecule has 170 valence electrons. The highest BCUT2D eigenvalue weighted by Gasteiger charge is 2.29. The molecule has 5 rings (SSSR count). The average molecular weight is 452 g/mol. The lowest BCUT2D eigenvalue weighted by Crippen LogP contribution is -2.53. The zero-order valence-corrected chi connectivity index (χ0v) is 20.9. The number of aromatic nitrogens is 5. The van der Waals surface area contributed by atoms with E-state index in [1.807, 2.05) is 4.52 Å². The predicted molar refractivity (Wildman–Crippen MR) is 133 cm³/mol. The van der Waals surface area contributed by atoms with Crippen molar-refractivity contribution in [2.24, 2.45) is 0 Å². The number of nitrogens with zero attached hydrogens (tertiary/aromatic N) is 6. The van der Waals surface area contributed by atoms with Crippen molar-refractivity contribution in [2.45, 2.75) is 66.5 Å². The zero-order valence-electron chi connectivity index (χ0n) is 20.1. The first-order chi connectivity index (χ1) is 15.3. The number of anilines is 1. The van der Waals surface area contributed by atoms with Crippen LogP contribution in [0.3, 0.4) is 0 Å². The van der Waals surface area contributed by atoms with Crippen molar-refractivity contribution in [1.82, 2.24) is 29.5 Å². The number of nitrogens with one attached hydrogen (secondary N) is 1. The number of fused-ring (bicyclic) bond motifs is 2. The van der Waals surface area contributed by atoms with Crippen LogP contribution in [0.2, 0.25) is 0 Å². The van der Waals surface area contributed by atoms with Crippen LogP contribution in [0.25, 0.3) is 27.3 Å². The summed E-state index contributed by atoms with van der Waals surface area (Å²) in [4.78, 5) is 19.6. The molecule has 1 N–H and O–H groups in total. The Bertz CT molecular complexity index is 1280. The van der Waals surface area contributed by atoms with Crippen molar-refractivity contribution >= 4 is 32.5 Å². The van der Waals surface area contributed by atoms with E-state index < -0.39 is 0 Å². The lowest BCUT2D eigenvalue weighted by atomic mass is 9.96. The SMILES string of the molecule is Cc1c(-c2[nH]c3sc(N4CCN(C(C)C)C[C@@H]4C)nc3c2C(C)C)cn2ncnc2c1C. The van der Waals surface area contributed by atoms with Crippen LogP contribution in [0.5, 0.6) is 0 Å². The molecule has 0 aromatic carbocycles. The van der Waals surface area contributed by atoms with Crippen molar-refractivity contribution in [1.29, 1.82) is 0 Å². The molecular formula is C24H33N7S. The molecule has 1 fully saturated rings. The number of aryl methyl sites for hydroxylation is 1. The summed E-state index contributed by atoms with van der Waals surface area (Å²) in [5.74, 6) is 0.357. The number of rotatable bonds is 4. The topological polar surface area (TPSA) is 65.4 Å². The van der Waals surface area contributed by atoms with Crippen LogP contribution in [-0.2, 0) is 0 Å². The molecule has 4 aromatic rings. The third-order valence-corrected chi connectivity index (χ3v) is 7.99. The number of hydrogen-bond acceptors (Lipinski definition) is 6. The van der Waals surface area contributed by atoms with Gasteiger partial charge in [-0.25, -0.2) is 14.5 Å². The minimum atomic E-state index is 0.357. The monoisotopic (exact) mass is 451 g/mol. The molecule has 0 spiro atoms. The summed E-state index contributed by atoms with van der Waals surface area (Å²) >= 11 is 1.79. The van der Waals surface area contributed by atoms with Crippen molar-refractivity contribution in [3.05, 3.63) is 29.2 Å². The van der Waals surface area contributed by atoms with Crippen molar-refractivity contribution in [3.8, 4) is 11.3 Å². The molecule has 1 aliphatic rings. The second kappa shape index (κ2) is 7.85. The Morgan fingerprint density at radius 1 is 1.12 bits per heavy atom. The lowest BCUT2D eigenvalue weighted by molar-refractivity contribution is 0.185. The van der Waals surface area contributed by atoms with Crippen LogP contribution >= 0.6 is 11.3 Å². The molecule has 4 aromatic heterocycles. The molecule has 8 heteroatoms. The van der Waals surface area contributed by atoms with Gasteiger partial charge in [-0.15, -0.1) is 0 Å². The minimum Gasteiger partial charge on any atom is -0.344 e. The van der Waals surface area contributed by atoms with Gasteiger partial charge in [-0.05, 0) is 51.7 Å². The highest BCUT2D eigenvalue weighted by Crippen LogP contribution is 2.41. The predicted octanol–water partition coefficient (Wildman–Crippen LogP) is 4.99. The molecule has 5 heterocycles. The van der Waals surface area contributed by atoms with E-state index in [0.717, 1.165) is 52.0 Å². The highest BCUT2D eigenvalue weighted by atomic mass is 32.1. The normalized spacial score (nSPS) is 18.2. The summed E-state index contributed by atoms with van der Waals surface area (Å²) in [5.41, 5.74) is 8.06. The molecule has 7 nitrogen and oxygen atoms in total. The largest absolute Gasteiger partial charge is 0.344 e. The molecule has 0 amide bonds. The van der Waals surface area contributed by atoms with E-state index in [9.17, 15) is 0 Å². The average Bonchev–Trinajstić information content (AvgIpc) is 3.44. The van der Waals surface area contributed by atoms with E-state index in [-0.39, 0.29) is 0 Å². The van der Waals surface area contributed by atoms with Crippen LogP contribution in [0.1, 0.15) is 57.2 Å². The van der Waals surface area contributed by atoms with Gasteiger partial charge in [-0.2, -0.15) is 5.10 Å². The van der Waals surface area contributed by atoms with Crippen LogP contribution in [0.15, 0.2) is 12.5 Å². The van der Waals surface area contributed by atoms with E-state index in [2.05, 4.69) is 79.5 Å². The molecular weight excluding hydrogens is 418 g/mol. The summed E-state index contributed by atoms with van der Waals surface area (Å²) < 4.78 is 1.88. The Hall–Kier alpha value is -2.45. The number of thiazole rings is 1. The molecule has 1 atom stereocenters. The molecule has 0 bridgehead atoms. The first kappa shape index (κ1) is 21.4. The van der Waals surface area contributed by atoms with E-state index in [4.69, 9.17) is 4.98 Å². The number of H-pyrrole nitrogens is 1. The Morgan fingerprint density at radius 3 is 2.59 bits per heavy atom. The molecule has 0 unspecified atom stereocenters. The van der Waals surface area contributed by atoms with E-state index in [0.29, 0.717) is 18.0 Å². The maximum Gasteiger partial charge on any atom is 0.188 e. The molecule has 0 aliphatic carbocycles. The van der Waals surface area contributed by atoms with Gasteiger partial charge in [0.15, 0.2) is 10.8 Å². The molecule has 1 aliphatic heterocycles. The summed E-state index contributed by atoms with van der Waals surface area (Å²) in [5, 5.41) is 5.53. The van der Waals surface area contributed by atoms with Gasteiger partial charge in [0.05, 0.1) is 5.69 Å². The Morgan fingerprint density at radius 2 is 1.91 bits per heavy atom. The molecule has 0 saturated carbocycles. The van der Waals surface area contributed by atoms with E-state index in [1.165, 1.54) is 16.7 Å². The first-order valence-electron chi connectivity index (χ1n) is 11.6. The standard InChI is InChI=1S/C24H33N7S/c1-13(2)19-20(18-11-31-22(25-12-26-31)17(7)16(18)6)27-23-21(19)28-24(32-23)30-9-8-29(14(3)4)10-15(30)5/h11-15,27H,8-10H2,1-7H3/t15-/m0/s1. The van der Waals surface area contributed by atoms with Crippen LogP contribution in [0, 0.1) is 13.8 Å². The minimum absolute atomic E-state index is 0.357. The van der Waals surface area contributed by atoms with Gasteiger partial charge in [0.25, 0.3) is 0 Å².